The molecule has 0 aromatic rings. The van der Waals surface area contributed by atoms with Crippen LogP contribution in [0.4, 0.5) is 0 Å². The minimum absolute atomic E-state index is 0.275. The Morgan fingerprint density at radius 1 is 1.53 bits per heavy atom. The maximum absolute atomic E-state index is 11.6. The molecule has 0 aromatic heterocycles. The lowest BCUT2D eigenvalue weighted by molar-refractivity contribution is -0.124. The summed E-state index contributed by atoms with van der Waals surface area (Å²) in [4.78, 5) is 16.5. The van der Waals surface area contributed by atoms with Crippen molar-refractivity contribution in [2.75, 3.05) is 33.7 Å². The van der Waals surface area contributed by atoms with Crippen molar-refractivity contribution in [1.29, 1.82) is 0 Å². The van der Waals surface area contributed by atoms with Crippen molar-refractivity contribution in [3.63, 3.8) is 0 Å². The highest BCUT2D eigenvalue weighted by Crippen LogP contribution is 2.19. The van der Waals surface area contributed by atoms with E-state index in [1.54, 1.807) is 7.05 Å². The van der Waals surface area contributed by atoms with Gasteiger partial charge in [-0.2, -0.15) is 0 Å². The number of likely N-dealkylation sites (N-methyl/N-ethyl adjacent to an activating group) is 2. The summed E-state index contributed by atoms with van der Waals surface area (Å²) < 4.78 is 0. The first-order valence-corrected chi connectivity index (χ1v) is 7.27. The summed E-state index contributed by atoms with van der Waals surface area (Å²) in [6.07, 6.45) is 1.91. The van der Waals surface area contributed by atoms with Crippen molar-refractivity contribution in [3.8, 4) is 0 Å². The number of carbonyl (C=O) groups is 1. The molecule has 5 heteroatoms. The van der Waals surface area contributed by atoms with Gasteiger partial charge in [0.05, 0.1) is 5.54 Å². The van der Waals surface area contributed by atoms with E-state index in [1.165, 1.54) is 6.42 Å². The molecule has 1 heterocycles. The summed E-state index contributed by atoms with van der Waals surface area (Å²) >= 11 is 0. The van der Waals surface area contributed by atoms with Crippen LogP contribution in [0.25, 0.3) is 0 Å². The summed E-state index contributed by atoms with van der Waals surface area (Å²) in [5, 5.41) is 3.07. The maximum atomic E-state index is 11.6. The minimum atomic E-state index is -0.621. The molecule has 0 aromatic carbocycles. The van der Waals surface area contributed by atoms with Gasteiger partial charge >= 0.3 is 0 Å². The van der Waals surface area contributed by atoms with E-state index in [0.717, 1.165) is 26.1 Å². The smallest absolute Gasteiger partial charge is 0.237 e. The van der Waals surface area contributed by atoms with E-state index < -0.39 is 5.54 Å². The molecule has 3 atom stereocenters. The Hall–Kier alpha value is -0.650. The molecule has 3 unspecified atom stereocenters. The SMILES string of the molecule is CCC1CN(C(C)CC(C)(NC)C(N)=O)CCN1C. The van der Waals surface area contributed by atoms with Crippen LogP contribution in [-0.2, 0) is 4.79 Å². The van der Waals surface area contributed by atoms with Gasteiger partial charge in [-0.3, -0.25) is 9.69 Å². The number of hydrogen-bond acceptors (Lipinski definition) is 4. The van der Waals surface area contributed by atoms with Crippen LogP contribution in [-0.4, -0.2) is 67.1 Å². The minimum Gasteiger partial charge on any atom is -0.368 e. The monoisotopic (exact) mass is 270 g/mol. The van der Waals surface area contributed by atoms with Gasteiger partial charge < -0.3 is 16.0 Å². The Kier molecular flexibility index (Phi) is 5.77. The Morgan fingerprint density at radius 3 is 2.63 bits per heavy atom. The average molecular weight is 270 g/mol. The molecule has 1 rings (SSSR count). The number of nitrogens with zero attached hydrogens (tertiary/aromatic N) is 2. The van der Waals surface area contributed by atoms with Crippen LogP contribution in [0.5, 0.6) is 0 Å². The zero-order valence-corrected chi connectivity index (χ0v) is 13.1. The van der Waals surface area contributed by atoms with Gasteiger partial charge in [-0.1, -0.05) is 6.92 Å². The number of primary amides is 1. The van der Waals surface area contributed by atoms with E-state index in [2.05, 4.69) is 36.0 Å². The second-order valence-electron chi connectivity index (χ2n) is 6.04. The van der Waals surface area contributed by atoms with Crippen LogP contribution in [0.2, 0.25) is 0 Å². The van der Waals surface area contributed by atoms with Crippen molar-refractivity contribution < 1.29 is 4.79 Å². The van der Waals surface area contributed by atoms with Crippen LogP contribution >= 0.6 is 0 Å². The normalized spacial score (nSPS) is 26.9. The molecule has 0 aliphatic carbocycles. The predicted octanol–water partition coefficient (Wildman–Crippen LogP) is 0.254. The zero-order chi connectivity index (χ0) is 14.6. The Bertz CT molecular complexity index is 310. The molecule has 112 valence electrons. The Balaban J connectivity index is 2.63. The van der Waals surface area contributed by atoms with Crippen LogP contribution in [0.1, 0.15) is 33.6 Å². The van der Waals surface area contributed by atoms with Crippen molar-refractivity contribution in [3.05, 3.63) is 0 Å². The highest BCUT2D eigenvalue weighted by Gasteiger charge is 2.34. The third-order valence-corrected chi connectivity index (χ3v) is 4.70. The molecule has 19 heavy (non-hydrogen) atoms. The summed E-state index contributed by atoms with van der Waals surface area (Å²) in [6, 6.07) is 0.971. The molecular weight excluding hydrogens is 240 g/mol. The van der Waals surface area contributed by atoms with Crippen molar-refractivity contribution >= 4 is 5.91 Å². The summed E-state index contributed by atoms with van der Waals surface area (Å²) in [5.41, 5.74) is 4.89. The molecule has 3 N–H and O–H groups in total. The van der Waals surface area contributed by atoms with Crippen LogP contribution < -0.4 is 11.1 Å². The highest BCUT2D eigenvalue weighted by atomic mass is 16.1. The number of rotatable bonds is 6. The van der Waals surface area contributed by atoms with Crippen LogP contribution in [0, 0.1) is 0 Å². The number of nitrogens with one attached hydrogen (secondary N) is 1. The van der Waals surface area contributed by atoms with E-state index >= 15 is 0 Å². The standard InChI is InChI=1S/C14H30N4O/c1-6-12-10-18(8-7-17(12)5)11(2)9-14(3,16-4)13(15)19/h11-12,16H,6-10H2,1-5H3,(H2,15,19). The van der Waals surface area contributed by atoms with Gasteiger partial charge in [0.25, 0.3) is 0 Å². The molecule has 0 spiro atoms. The second kappa shape index (κ2) is 6.68. The van der Waals surface area contributed by atoms with Gasteiger partial charge in [0.1, 0.15) is 0 Å². The number of amides is 1. The second-order valence-corrected chi connectivity index (χ2v) is 6.04. The molecule has 5 nitrogen and oxygen atoms in total. The fraction of sp³-hybridized carbons (Fsp3) is 0.929. The lowest BCUT2D eigenvalue weighted by atomic mass is 9.91. The molecule has 0 saturated carbocycles. The zero-order valence-electron chi connectivity index (χ0n) is 13.1. The average Bonchev–Trinajstić information content (AvgIpc) is 2.38. The van der Waals surface area contributed by atoms with E-state index in [-0.39, 0.29) is 5.91 Å². The topological polar surface area (TPSA) is 61.6 Å². The summed E-state index contributed by atoms with van der Waals surface area (Å²) in [7, 11) is 3.99. The number of piperazine rings is 1. The van der Waals surface area contributed by atoms with Gasteiger partial charge in [-0.15, -0.1) is 0 Å². The molecule has 1 saturated heterocycles. The lowest BCUT2D eigenvalue weighted by Gasteiger charge is -2.43. The largest absolute Gasteiger partial charge is 0.368 e. The highest BCUT2D eigenvalue weighted by molar-refractivity contribution is 5.84. The van der Waals surface area contributed by atoms with Gasteiger partial charge in [0.15, 0.2) is 0 Å². The molecule has 1 amide bonds. The van der Waals surface area contributed by atoms with Crippen molar-refractivity contribution in [1.82, 2.24) is 15.1 Å². The van der Waals surface area contributed by atoms with Crippen LogP contribution in [0.3, 0.4) is 0 Å². The molecule has 0 bridgehead atoms. The fourth-order valence-corrected chi connectivity index (χ4v) is 2.86. The summed E-state index contributed by atoms with van der Waals surface area (Å²) in [6.45, 7) is 9.54. The Morgan fingerprint density at radius 2 is 2.16 bits per heavy atom. The molecule has 0 radical (unpaired) electrons. The fourth-order valence-electron chi connectivity index (χ4n) is 2.86. The van der Waals surface area contributed by atoms with E-state index in [4.69, 9.17) is 5.73 Å². The van der Waals surface area contributed by atoms with E-state index in [0.29, 0.717) is 12.1 Å². The lowest BCUT2D eigenvalue weighted by Crippen LogP contribution is -2.58. The van der Waals surface area contributed by atoms with E-state index in [9.17, 15) is 4.79 Å². The predicted molar refractivity (Wildman–Crippen MR) is 79.0 cm³/mol. The molecule has 1 aliphatic rings. The van der Waals surface area contributed by atoms with Gasteiger partial charge in [0, 0.05) is 31.7 Å². The molecular formula is C14H30N4O. The number of carbonyl (C=O) groups excluding carboxylic acids is 1. The third-order valence-electron chi connectivity index (χ3n) is 4.70. The van der Waals surface area contributed by atoms with Gasteiger partial charge in [-0.05, 0) is 40.8 Å². The first kappa shape index (κ1) is 16.4. The molecule has 1 fully saturated rings. The Labute approximate surface area is 117 Å². The maximum Gasteiger partial charge on any atom is 0.237 e. The van der Waals surface area contributed by atoms with Gasteiger partial charge in [-0.25, -0.2) is 0 Å². The van der Waals surface area contributed by atoms with E-state index in [1.807, 2.05) is 6.92 Å². The quantitative estimate of drug-likeness (QED) is 0.726. The first-order chi connectivity index (χ1) is 8.84. The van der Waals surface area contributed by atoms with Crippen molar-refractivity contribution in [2.45, 2.75) is 51.2 Å². The van der Waals surface area contributed by atoms with Crippen LogP contribution in [0.15, 0.2) is 0 Å². The summed E-state index contributed by atoms with van der Waals surface area (Å²) in [5.74, 6) is -0.275. The number of nitrogens with two attached hydrogens (primary N) is 1. The third kappa shape index (κ3) is 3.91. The van der Waals surface area contributed by atoms with Crippen molar-refractivity contribution in [2.24, 2.45) is 5.73 Å². The molecule has 1 aliphatic heterocycles. The first-order valence-electron chi connectivity index (χ1n) is 7.27. The van der Waals surface area contributed by atoms with Gasteiger partial charge in [0.2, 0.25) is 5.91 Å². The number of hydrogen-bond donors (Lipinski definition) is 2.